The third kappa shape index (κ3) is 5.46. The predicted octanol–water partition coefficient (Wildman–Crippen LogP) is 4.97. The van der Waals surface area contributed by atoms with Gasteiger partial charge in [-0.15, -0.1) is 0 Å². The van der Waals surface area contributed by atoms with Crippen molar-refractivity contribution in [3.05, 3.63) is 12.4 Å². The number of unbranched alkanes of at least 4 members (excludes halogenated alkanes) is 5. The van der Waals surface area contributed by atoms with Crippen molar-refractivity contribution in [2.24, 2.45) is 0 Å². The van der Waals surface area contributed by atoms with Gasteiger partial charge >= 0.3 is 0 Å². The summed E-state index contributed by atoms with van der Waals surface area (Å²) in [5, 5.41) is 0. The maximum Gasteiger partial charge on any atom is 0.101 e. The lowest BCUT2D eigenvalue weighted by molar-refractivity contribution is 0.116. The Bertz CT molecular complexity index is 248. The van der Waals surface area contributed by atoms with Gasteiger partial charge in [0, 0.05) is 25.0 Å². The van der Waals surface area contributed by atoms with Crippen LogP contribution in [0.15, 0.2) is 12.4 Å². The summed E-state index contributed by atoms with van der Waals surface area (Å²) in [5.74, 6) is 0. The molecule has 2 nitrogen and oxygen atoms in total. The third-order valence-corrected chi connectivity index (χ3v) is 4.07. The van der Waals surface area contributed by atoms with E-state index in [4.69, 9.17) is 0 Å². The second-order valence-electron chi connectivity index (χ2n) is 6.11. The molecular formula is C17H34N2. The molecule has 0 radical (unpaired) electrons. The van der Waals surface area contributed by atoms with Crippen LogP contribution >= 0.6 is 0 Å². The Balaban J connectivity index is 2.26. The molecule has 0 spiro atoms. The average Bonchev–Trinajstić information content (AvgIpc) is 2.77. The number of rotatable bonds is 10. The maximum atomic E-state index is 2.56. The number of hydrogen-bond acceptors (Lipinski definition) is 2. The molecule has 0 aromatic rings. The summed E-state index contributed by atoms with van der Waals surface area (Å²) in [4.78, 5) is 5.07. The summed E-state index contributed by atoms with van der Waals surface area (Å²) in [6.07, 6.45) is 16.1. The van der Waals surface area contributed by atoms with Crippen LogP contribution in [0.4, 0.5) is 0 Å². The molecule has 1 unspecified atom stereocenters. The van der Waals surface area contributed by atoms with E-state index in [-0.39, 0.29) is 0 Å². The minimum Gasteiger partial charge on any atom is -0.356 e. The van der Waals surface area contributed by atoms with Crippen molar-refractivity contribution >= 4 is 0 Å². The van der Waals surface area contributed by atoms with Gasteiger partial charge in [-0.1, -0.05) is 52.4 Å². The molecule has 1 atom stereocenters. The van der Waals surface area contributed by atoms with Crippen LogP contribution in [0.2, 0.25) is 0 Å². The van der Waals surface area contributed by atoms with Crippen LogP contribution in [0.25, 0.3) is 0 Å². The second kappa shape index (κ2) is 9.28. The van der Waals surface area contributed by atoms with Gasteiger partial charge in [-0.2, -0.15) is 0 Å². The first kappa shape index (κ1) is 16.4. The van der Waals surface area contributed by atoms with E-state index in [1.165, 1.54) is 57.9 Å². The molecule has 0 fully saturated rings. The molecule has 0 aliphatic carbocycles. The van der Waals surface area contributed by atoms with Gasteiger partial charge in [-0.25, -0.2) is 0 Å². The highest BCUT2D eigenvalue weighted by Crippen LogP contribution is 2.23. The third-order valence-electron chi connectivity index (χ3n) is 4.07. The minimum atomic E-state index is 0.612. The van der Waals surface area contributed by atoms with Crippen LogP contribution in [0.3, 0.4) is 0 Å². The Labute approximate surface area is 120 Å². The van der Waals surface area contributed by atoms with E-state index in [2.05, 4.69) is 49.9 Å². The van der Waals surface area contributed by atoms with Gasteiger partial charge in [0.25, 0.3) is 0 Å². The van der Waals surface area contributed by atoms with Crippen molar-refractivity contribution in [1.29, 1.82) is 0 Å². The molecule has 0 aromatic heterocycles. The summed E-state index contributed by atoms with van der Waals surface area (Å²) in [6.45, 7) is 10.4. The highest BCUT2D eigenvalue weighted by molar-refractivity contribution is 4.98. The first-order valence-corrected chi connectivity index (χ1v) is 8.42. The van der Waals surface area contributed by atoms with Crippen molar-refractivity contribution in [2.45, 2.75) is 91.3 Å². The molecule has 0 N–H and O–H groups in total. The normalized spacial score (nSPS) is 18.9. The zero-order valence-electron chi connectivity index (χ0n) is 13.6. The van der Waals surface area contributed by atoms with Gasteiger partial charge in [-0.05, 0) is 26.7 Å². The van der Waals surface area contributed by atoms with E-state index in [9.17, 15) is 0 Å². The van der Waals surface area contributed by atoms with Gasteiger partial charge in [0.05, 0.1) is 0 Å². The molecule has 0 saturated carbocycles. The molecule has 0 aromatic carbocycles. The summed E-state index contributed by atoms with van der Waals surface area (Å²) < 4.78 is 0. The van der Waals surface area contributed by atoms with Crippen LogP contribution in [0.1, 0.15) is 79.1 Å². The Kier molecular flexibility index (Phi) is 8.00. The van der Waals surface area contributed by atoms with Crippen molar-refractivity contribution in [2.75, 3.05) is 6.54 Å². The van der Waals surface area contributed by atoms with Crippen molar-refractivity contribution < 1.29 is 0 Å². The highest BCUT2D eigenvalue weighted by Gasteiger charge is 2.26. The first-order chi connectivity index (χ1) is 9.20. The number of nitrogens with zero attached hydrogens (tertiary/aromatic N) is 2. The quantitative estimate of drug-likeness (QED) is 0.515. The molecule has 112 valence electrons. The Morgan fingerprint density at radius 2 is 1.58 bits per heavy atom. The first-order valence-electron chi connectivity index (χ1n) is 8.42. The molecule has 0 saturated heterocycles. The Morgan fingerprint density at radius 1 is 0.895 bits per heavy atom. The zero-order chi connectivity index (χ0) is 14.1. The molecule has 1 rings (SSSR count). The Morgan fingerprint density at radius 3 is 2.21 bits per heavy atom. The van der Waals surface area contributed by atoms with E-state index in [1.54, 1.807) is 0 Å². The number of hydrogen-bond donors (Lipinski definition) is 0. The SMILES string of the molecule is CCCCCCCCN1C=CN(C(C)C)C1CCC. The molecule has 1 heterocycles. The summed E-state index contributed by atoms with van der Waals surface area (Å²) in [6, 6.07) is 0.613. The largest absolute Gasteiger partial charge is 0.356 e. The lowest BCUT2D eigenvalue weighted by atomic mass is 10.1. The van der Waals surface area contributed by atoms with Gasteiger partial charge in [0.1, 0.15) is 6.17 Å². The standard InChI is InChI=1S/C17H34N2/c1-5-7-8-9-10-11-13-18-14-15-19(16(3)4)17(18)12-6-2/h14-17H,5-13H2,1-4H3. The fourth-order valence-electron chi connectivity index (χ4n) is 2.92. The highest BCUT2D eigenvalue weighted by atomic mass is 15.4. The fourth-order valence-corrected chi connectivity index (χ4v) is 2.92. The molecule has 2 heteroatoms. The molecule has 0 amide bonds. The van der Waals surface area contributed by atoms with Gasteiger partial charge in [0.15, 0.2) is 0 Å². The summed E-state index contributed by atoms with van der Waals surface area (Å²) >= 11 is 0. The van der Waals surface area contributed by atoms with Crippen LogP contribution in [-0.2, 0) is 0 Å². The van der Waals surface area contributed by atoms with E-state index >= 15 is 0 Å². The molecule has 0 bridgehead atoms. The van der Waals surface area contributed by atoms with Gasteiger partial charge in [-0.3, -0.25) is 0 Å². The maximum absolute atomic E-state index is 2.56. The van der Waals surface area contributed by atoms with E-state index < -0.39 is 0 Å². The topological polar surface area (TPSA) is 6.48 Å². The zero-order valence-corrected chi connectivity index (χ0v) is 13.6. The lowest BCUT2D eigenvalue weighted by Crippen LogP contribution is -2.42. The van der Waals surface area contributed by atoms with Crippen LogP contribution in [0, 0.1) is 0 Å². The lowest BCUT2D eigenvalue weighted by Gasteiger charge is -2.35. The van der Waals surface area contributed by atoms with Crippen molar-refractivity contribution in [1.82, 2.24) is 9.80 Å². The summed E-state index contributed by atoms with van der Waals surface area (Å²) in [7, 11) is 0. The molecule has 1 aliphatic rings. The molecule has 19 heavy (non-hydrogen) atoms. The van der Waals surface area contributed by atoms with E-state index in [1.807, 2.05) is 0 Å². The molecular weight excluding hydrogens is 232 g/mol. The van der Waals surface area contributed by atoms with Gasteiger partial charge in [0.2, 0.25) is 0 Å². The van der Waals surface area contributed by atoms with Crippen LogP contribution in [0.5, 0.6) is 0 Å². The Hall–Kier alpha value is -0.660. The second-order valence-corrected chi connectivity index (χ2v) is 6.11. The smallest absolute Gasteiger partial charge is 0.101 e. The predicted molar refractivity (Wildman–Crippen MR) is 84.9 cm³/mol. The van der Waals surface area contributed by atoms with Crippen LogP contribution in [-0.4, -0.2) is 28.6 Å². The minimum absolute atomic E-state index is 0.612. The summed E-state index contributed by atoms with van der Waals surface area (Å²) in [5.41, 5.74) is 0. The van der Waals surface area contributed by atoms with Gasteiger partial charge < -0.3 is 9.80 Å². The monoisotopic (exact) mass is 266 g/mol. The van der Waals surface area contributed by atoms with Crippen LogP contribution < -0.4 is 0 Å². The average molecular weight is 266 g/mol. The molecule has 1 aliphatic heterocycles. The van der Waals surface area contributed by atoms with Crippen molar-refractivity contribution in [3.8, 4) is 0 Å². The van der Waals surface area contributed by atoms with E-state index in [0.717, 1.165) is 0 Å². The van der Waals surface area contributed by atoms with Crippen molar-refractivity contribution in [3.63, 3.8) is 0 Å². The van der Waals surface area contributed by atoms with E-state index in [0.29, 0.717) is 12.2 Å². The fraction of sp³-hybridized carbons (Fsp3) is 0.882.